The van der Waals surface area contributed by atoms with Crippen LogP contribution >= 0.6 is 0 Å². The van der Waals surface area contributed by atoms with E-state index < -0.39 is 6.10 Å². The second-order valence-corrected chi connectivity index (χ2v) is 4.76. The molecule has 1 aromatic rings. The first kappa shape index (κ1) is 16.6. The van der Waals surface area contributed by atoms with E-state index in [4.69, 9.17) is 9.47 Å². The van der Waals surface area contributed by atoms with Crippen LogP contribution in [0.5, 0.6) is 0 Å². The first-order chi connectivity index (χ1) is 9.63. The number of carbonyl (C=O) groups is 1. The van der Waals surface area contributed by atoms with Crippen molar-refractivity contribution in [2.24, 2.45) is 5.92 Å². The minimum absolute atomic E-state index is 0.248. The van der Waals surface area contributed by atoms with Crippen LogP contribution in [0.2, 0.25) is 0 Å². The maximum Gasteiger partial charge on any atom is 0.310 e. The average Bonchev–Trinajstić information content (AvgIpc) is 2.46. The average molecular weight is 281 g/mol. The fraction of sp³-hybridized carbons (Fsp3) is 0.533. The third-order valence-electron chi connectivity index (χ3n) is 2.82. The van der Waals surface area contributed by atoms with Gasteiger partial charge >= 0.3 is 5.97 Å². The lowest BCUT2D eigenvalue weighted by Crippen LogP contribution is -2.35. The fourth-order valence-corrected chi connectivity index (χ4v) is 1.67. The monoisotopic (exact) mass is 281 g/mol. The van der Waals surface area contributed by atoms with Gasteiger partial charge in [0.25, 0.3) is 0 Å². The number of carbonyl (C=O) groups excluding carboxylic acids is 1. The molecule has 112 valence electrons. The molecule has 1 rings (SSSR count). The number of esters is 1. The van der Waals surface area contributed by atoms with Crippen molar-refractivity contribution in [2.75, 3.05) is 26.8 Å². The van der Waals surface area contributed by atoms with Crippen LogP contribution in [0.4, 0.5) is 0 Å². The van der Waals surface area contributed by atoms with Crippen LogP contribution in [0.1, 0.15) is 12.5 Å². The minimum Gasteiger partial charge on any atom is -0.461 e. The number of rotatable bonds is 9. The molecule has 1 aromatic carbocycles. The number of aliphatic hydroxyl groups is 1. The van der Waals surface area contributed by atoms with Crippen molar-refractivity contribution in [3.8, 4) is 0 Å². The van der Waals surface area contributed by atoms with Gasteiger partial charge < -0.3 is 19.9 Å². The summed E-state index contributed by atoms with van der Waals surface area (Å²) in [4.78, 5) is 11.8. The summed E-state index contributed by atoms with van der Waals surface area (Å²) in [5, 5.41) is 12.5. The van der Waals surface area contributed by atoms with Crippen molar-refractivity contribution in [1.82, 2.24) is 5.32 Å². The molecule has 0 bridgehead atoms. The summed E-state index contributed by atoms with van der Waals surface area (Å²) in [6.07, 6.45) is -0.562. The zero-order valence-corrected chi connectivity index (χ0v) is 12.0. The summed E-state index contributed by atoms with van der Waals surface area (Å²) < 4.78 is 10.0. The van der Waals surface area contributed by atoms with Crippen molar-refractivity contribution >= 4 is 5.97 Å². The number of benzene rings is 1. The number of hydrogen-bond donors (Lipinski definition) is 2. The number of nitrogens with one attached hydrogen (secondary N) is 1. The van der Waals surface area contributed by atoms with Gasteiger partial charge in [-0.05, 0) is 5.56 Å². The van der Waals surface area contributed by atoms with Gasteiger partial charge in [-0.1, -0.05) is 37.3 Å². The number of ether oxygens (including phenoxy) is 2. The summed E-state index contributed by atoms with van der Waals surface area (Å²) in [6.45, 7) is 3.22. The summed E-state index contributed by atoms with van der Waals surface area (Å²) in [5.41, 5.74) is 0.969. The Bertz CT molecular complexity index is 383. The Balaban J connectivity index is 2.19. The lowest BCUT2D eigenvalue weighted by atomic mass is 10.2. The van der Waals surface area contributed by atoms with Crippen LogP contribution in [0.25, 0.3) is 0 Å². The van der Waals surface area contributed by atoms with E-state index in [1.807, 2.05) is 30.3 Å². The van der Waals surface area contributed by atoms with E-state index in [2.05, 4.69) is 5.32 Å². The van der Waals surface area contributed by atoms with Crippen molar-refractivity contribution in [3.05, 3.63) is 35.9 Å². The lowest BCUT2D eigenvalue weighted by molar-refractivity contribution is -0.149. The van der Waals surface area contributed by atoms with Gasteiger partial charge in [0.15, 0.2) is 0 Å². The Morgan fingerprint density at radius 1 is 1.30 bits per heavy atom. The van der Waals surface area contributed by atoms with Crippen LogP contribution in [0.15, 0.2) is 30.3 Å². The largest absolute Gasteiger partial charge is 0.461 e. The molecule has 0 heterocycles. The molecule has 2 atom stereocenters. The molecular formula is C15H23NO4. The van der Waals surface area contributed by atoms with Crippen molar-refractivity contribution in [1.29, 1.82) is 0 Å². The highest BCUT2D eigenvalue weighted by atomic mass is 16.5. The first-order valence-electron chi connectivity index (χ1n) is 6.71. The maximum absolute atomic E-state index is 11.8. The Morgan fingerprint density at radius 3 is 2.65 bits per heavy atom. The van der Waals surface area contributed by atoms with Crippen LogP contribution in [-0.4, -0.2) is 44.0 Å². The standard InChI is InChI=1S/C15H23NO4/c1-12(8-16-9-14(17)11-19-2)15(18)20-10-13-6-4-3-5-7-13/h3-7,12,14,16-17H,8-11H2,1-2H3. The Kier molecular flexibility index (Phi) is 7.87. The van der Waals surface area contributed by atoms with E-state index in [0.717, 1.165) is 5.56 Å². The van der Waals surface area contributed by atoms with E-state index in [1.165, 1.54) is 7.11 Å². The highest BCUT2D eigenvalue weighted by Gasteiger charge is 2.14. The number of methoxy groups -OCH3 is 1. The molecule has 0 aromatic heterocycles. The Hall–Kier alpha value is -1.43. The molecule has 20 heavy (non-hydrogen) atoms. The third kappa shape index (κ3) is 6.65. The minimum atomic E-state index is -0.562. The first-order valence-corrected chi connectivity index (χ1v) is 6.71. The zero-order valence-electron chi connectivity index (χ0n) is 12.0. The molecule has 5 heteroatoms. The number of hydrogen-bond acceptors (Lipinski definition) is 5. The molecule has 0 amide bonds. The van der Waals surface area contributed by atoms with E-state index in [9.17, 15) is 9.90 Å². The molecule has 0 spiro atoms. The second kappa shape index (κ2) is 9.47. The molecule has 0 radical (unpaired) electrons. The van der Waals surface area contributed by atoms with Crippen molar-refractivity contribution in [2.45, 2.75) is 19.6 Å². The highest BCUT2D eigenvalue weighted by molar-refractivity contribution is 5.72. The van der Waals surface area contributed by atoms with Gasteiger partial charge in [0.1, 0.15) is 6.61 Å². The SMILES string of the molecule is COCC(O)CNCC(C)C(=O)OCc1ccccc1. The summed E-state index contributed by atoms with van der Waals surface area (Å²) in [6, 6.07) is 9.56. The summed E-state index contributed by atoms with van der Waals surface area (Å²) >= 11 is 0. The van der Waals surface area contributed by atoms with Gasteiger partial charge in [-0.25, -0.2) is 0 Å². The van der Waals surface area contributed by atoms with Crippen LogP contribution in [-0.2, 0) is 20.9 Å². The second-order valence-electron chi connectivity index (χ2n) is 4.76. The summed E-state index contributed by atoms with van der Waals surface area (Å²) in [5.74, 6) is -0.504. The van der Waals surface area contributed by atoms with E-state index in [1.54, 1.807) is 6.92 Å². The van der Waals surface area contributed by atoms with Gasteiger partial charge in [-0.15, -0.1) is 0 Å². The van der Waals surface area contributed by atoms with E-state index >= 15 is 0 Å². The molecule has 0 aliphatic carbocycles. The molecule has 5 nitrogen and oxygen atoms in total. The van der Waals surface area contributed by atoms with Crippen LogP contribution in [0.3, 0.4) is 0 Å². The zero-order chi connectivity index (χ0) is 14.8. The molecule has 0 fully saturated rings. The Morgan fingerprint density at radius 2 is 2.00 bits per heavy atom. The normalized spacial score (nSPS) is 13.8. The van der Waals surface area contributed by atoms with Crippen LogP contribution < -0.4 is 5.32 Å². The molecule has 0 saturated carbocycles. The predicted molar refractivity (Wildman–Crippen MR) is 76.2 cm³/mol. The van der Waals surface area contributed by atoms with Crippen molar-refractivity contribution < 1.29 is 19.4 Å². The van der Waals surface area contributed by atoms with Gasteiger partial charge in [-0.3, -0.25) is 4.79 Å². The topological polar surface area (TPSA) is 67.8 Å². The van der Waals surface area contributed by atoms with Gasteiger partial charge in [-0.2, -0.15) is 0 Å². The van der Waals surface area contributed by atoms with E-state index in [-0.39, 0.29) is 25.1 Å². The molecule has 0 aliphatic rings. The maximum atomic E-state index is 11.8. The predicted octanol–water partition coefficient (Wildman–Crippen LogP) is 0.963. The van der Waals surface area contributed by atoms with Gasteiger partial charge in [0.2, 0.25) is 0 Å². The highest BCUT2D eigenvalue weighted by Crippen LogP contribution is 2.04. The lowest BCUT2D eigenvalue weighted by Gasteiger charge is -2.14. The summed E-state index contributed by atoms with van der Waals surface area (Å²) in [7, 11) is 1.53. The number of aliphatic hydroxyl groups excluding tert-OH is 1. The Labute approximate surface area is 119 Å². The molecule has 2 N–H and O–H groups in total. The van der Waals surface area contributed by atoms with E-state index in [0.29, 0.717) is 13.1 Å². The van der Waals surface area contributed by atoms with Crippen LogP contribution in [0, 0.1) is 5.92 Å². The quantitative estimate of drug-likeness (QED) is 0.660. The molecule has 0 aliphatic heterocycles. The third-order valence-corrected chi connectivity index (χ3v) is 2.82. The van der Waals surface area contributed by atoms with Crippen molar-refractivity contribution in [3.63, 3.8) is 0 Å². The molecule has 0 saturated heterocycles. The smallest absolute Gasteiger partial charge is 0.310 e. The molecule has 2 unspecified atom stereocenters. The van der Waals surface area contributed by atoms with Gasteiger partial charge in [0, 0.05) is 20.2 Å². The molecular weight excluding hydrogens is 258 g/mol. The van der Waals surface area contributed by atoms with Gasteiger partial charge in [0.05, 0.1) is 18.6 Å². The fourth-order valence-electron chi connectivity index (χ4n) is 1.67.